The Bertz CT molecular complexity index is 936. The van der Waals surface area contributed by atoms with Crippen LogP contribution in [0.3, 0.4) is 0 Å². The molecule has 3 aromatic rings. The van der Waals surface area contributed by atoms with E-state index in [0.717, 1.165) is 0 Å². The van der Waals surface area contributed by atoms with Gasteiger partial charge in [0.1, 0.15) is 11.5 Å². The van der Waals surface area contributed by atoms with Gasteiger partial charge in [0.25, 0.3) is 0 Å². The van der Waals surface area contributed by atoms with Crippen LogP contribution in [0.2, 0.25) is 0 Å². The summed E-state index contributed by atoms with van der Waals surface area (Å²) in [5, 5.41) is 0. The first-order chi connectivity index (χ1) is 15.9. The van der Waals surface area contributed by atoms with E-state index in [9.17, 15) is 8.78 Å². The maximum absolute atomic E-state index is 13.9. The molecule has 2 aromatic carbocycles. The summed E-state index contributed by atoms with van der Waals surface area (Å²) >= 11 is 0. The largest absolute Gasteiger partial charge is 0.494 e. The van der Waals surface area contributed by atoms with E-state index in [0.29, 0.717) is 35.2 Å². The molecule has 0 saturated heterocycles. The third-order valence-corrected chi connectivity index (χ3v) is 4.71. The minimum absolute atomic E-state index is 0.103. The highest BCUT2D eigenvalue weighted by molar-refractivity contribution is 5.33. The van der Waals surface area contributed by atoms with Gasteiger partial charge in [-0.05, 0) is 49.7 Å². The molecule has 0 saturated carbocycles. The topological polar surface area (TPSA) is 40.6 Å². The fraction of sp³-hybridized carbons (Fsp3) is 0.370. The molecule has 0 amide bonds. The lowest BCUT2D eigenvalue weighted by Gasteiger charge is -2.29. The number of ether oxygens (including phenoxy) is 3. The fourth-order valence-corrected chi connectivity index (χ4v) is 2.94. The molecule has 178 valence electrons. The number of para-hydroxylation sites is 1. The van der Waals surface area contributed by atoms with E-state index in [4.69, 9.17) is 14.2 Å². The van der Waals surface area contributed by atoms with Gasteiger partial charge in [-0.15, -0.1) is 0 Å². The Morgan fingerprint density at radius 1 is 0.848 bits per heavy atom. The summed E-state index contributed by atoms with van der Waals surface area (Å²) in [7, 11) is 0. The average Bonchev–Trinajstić information content (AvgIpc) is 2.81. The summed E-state index contributed by atoms with van der Waals surface area (Å²) in [6, 6.07) is 21.3. The maximum Gasteiger partial charge on any atom is 0.250 e. The third kappa shape index (κ3) is 8.13. The lowest BCUT2D eigenvalue weighted by molar-refractivity contribution is -0.0135. The Labute approximate surface area is 195 Å². The minimum Gasteiger partial charge on any atom is -0.494 e. The monoisotopic (exact) mass is 457 g/mol. The van der Waals surface area contributed by atoms with Crippen molar-refractivity contribution in [3.8, 4) is 17.4 Å². The van der Waals surface area contributed by atoms with Crippen molar-refractivity contribution in [2.24, 2.45) is 0 Å². The average molecular weight is 458 g/mol. The van der Waals surface area contributed by atoms with E-state index in [2.05, 4.69) is 18.8 Å². The molecule has 1 aromatic heterocycles. The van der Waals surface area contributed by atoms with E-state index in [-0.39, 0.29) is 13.2 Å². The zero-order valence-electron chi connectivity index (χ0n) is 19.8. The van der Waals surface area contributed by atoms with Crippen LogP contribution in [0, 0.1) is 0 Å². The SMILES string of the molecule is CCC.CCOc1ccc(C(C)(COCc2cccc(Oc3ccccc3)n2)C(F)F)cc1. The van der Waals surface area contributed by atoms with Gasteiger partial charge in [-0.25, -0.2) is 13.8 Å². The van der Waals surface area contributed by atoms with Crippen molar-refractivity contribution < 1.29 is 23.0 Å². The van der Waals surface area contributed by atoms with Crippen LogP contribution in [0.5, 0.6) is 17.4 Å². The zero-order chi connectivity index (χ0) is 24.1. The van der Waals surface area contributed by atoms with E-state index < -0.39 is 11.8 Å². The second-order valence-electron chi connectivity index (χ2n) is 7.76. The Morgan fingerprint density at radius 3 is 2.12 bits per heavy atom. The maximum atomic E-state index is 13.9. The van der Waals surface area contributed by atoms with Crippen molar-refractivity contribution in [1.29, 1.82) is 0 Å². The number of alkyl halides is 2. The number of halogens is 2. The molecular formula is C27H33F2NO3. The van der Waals surface area contributed by atoms with Crippen molar-refractivity contribution in [2.75, 3.05) is 13.2 Å². The molecule has 0 aliphatic carbocycles. The lowest BCUT2D eigenvalue weighted by Crippen LogP contribution is -2.36. The number of rotatable bonds is 10. The molecule has 0 N–H and O–H groups in total. The first-order valence-corrected chi connectivity index (χ1v) is 11.2. The van der Waals surface area contributed by atoms with E-state index in [1.165, 1.54) is 13.3 Å². The number of hydrogen-bond acceptors (Lipinski definition) is 4. The van der Waals surface area contributed by atoms with Crippen LogP contribution in [-0.4, -0.2) is 24.6 Å². The molecule has 33 heavy (non-hydrogen) atoms. The molecule has 1 unspecified atom stereocenters. The quantitative estimate of drug-likeness (QED) is 0.317. The standard InChI is InChI=1S/C24H25F2NO3.C3H8/c1-3-29-20-14-12-18(13-15-20)24(2,23(25)26)17-28-16-19-8-7-11-22(27-19)30-21-9-5-4-6-10-21;1-3-2/h4-15,23H,3,16-17H2,1-2H3;3H2,1-2H3. The lowest BCUT2D eigenvalue weighted by atomic mass is 9.83. The Kier molecular flexibility index (Phi) is 10.8. The summed E-state index contributed by atoms with van der Waals surface area (Å²) in [4.78, 5) is 4.39. The molecule has 1 atom stereocenters. The van der Waals surface area contributed by atoms with Crippen LogP contribution < -0.4 is 9.47 Å². The van der Waals surface area contributed by atoms with Crippen molar-refractivity contribution in [3.05, 3.63) is 84.1 Å². The molecular weight excluding hydrogens is 424 g/mol. The highest BCUT2D eigenvalue weighted by Gasteiger charge is 2.37. The highest BCUT2D eigenvalue weighted by Crippen LogP contribution is 2.32. The van der Waals surface area contributed by atoms with Gasteiger partial charge in [-0.2, -0.15) is 0 Å². The van der Waals surface area contributed by atoms with Gasteiger partial charge >= 0.3 is 0 Å². The molecule has 4 nitrogen and oxygen atoms in total. The number of aromatic nitrogens is 1. The normalized spacial score (nSPS) is 12.5. The Balaban J connectivity index is 0.00000122. The molecule has 0 radical (unpaired) electrons. The van der Waals surface area contributed by atoms with E-state index >= 15 is 0 Å². The molecule has 6 heteroatoms. The number of hydrogen-bond donors (Lipinski definition) is 0. The highest BCUT2D eigenvalue weighted by atomic mass is 19.3. The van der Waals surface area contributed by atoms with Gasteiger partial charge in [0.15, 0.2) is 0 Å². The molecule has 0 fully saturated rings. The molecule has 3 rings (SSSR count). The van der Waals surface area contributed by atoms with Gasteiger partial charge in [0.05, 0.1) is 30.9 Å². The van der Waals surface area contributed by atoms with Gasteiger partial charge < -0.3 is 14.2 Å². The second kappa shape index (κ2) is 13.5. The number of benzene rings is 2. The fourth-order valence-electron chi connectivity index (χ4n) is 2.94. The van der Waals surface area contributed by atoms with Crippen molar-refractivity contribution in [3.63, 3.8) is 0 Å². The molecule has 0 aliphatic rings. The number of pyridine rings is 1. The van der Waals surface area contributed by atoms with Gasteiger partial charge in [0, 0.05) is 6.07 Å². The predicted molar refractivity (Wildman–Crippen MR) is 127 cm³/mol. The summed E-state index contributed by atoms with van der Waals surface area (Å²) in [6.45, 7) is 8.10. The van der Waals surface area contributed by atoms with E-state index in [1.54, 1.807) is 42.5 Å². The van der Waals surface area contributed by atoms with Crippen LogP contribution in [0.25, 0.3) is 0 Å². The van der Waals surface area contributed by atoms with Crippen molar-refractivity contribution in [2.45, 2.75) is 52.6 Å². The van der Waals surface area contributed by atoms with Crippen molar-refractivity contribution >= 4 is 0 Å². The number of nitrogens with zero attached hydrogens (tertiary/aromatic N) is 1. The molecule has 1 heterocycles. The van der Waals surface area contributed by atoms with Crippen LogP contribution in [0.1, 0.15) is 45.4 Å². The van der Waals surface area contributed by atoms with Crippen molar-refractivity contribution in [1.82, 2.24) is 4.98 Å². The van der Waals surface area contributed by atoms with Crippen LogP contribution >= 0.6 is 0 Å². The van der Waals surface area contributed by atoms with Gasteiger partial charge in [0.2, 0.25) is 12.3 Å². The summed E-state index contributed by atoms with van der Waals surface area (Å²) in [6.07, 6.45) is -1.34. The minimum atomic E-state index is -2.59. The summed E-state index contributed by atoms with van der Waals surface area (Å²) in [5.74, 6) is 1.74. The van der Waals surface area contributed by atoms with Gasteiger partial charge in [-0.3, -0.25) is 0 Å². The summed E-state index contributed by atoms with van der Waals surface area (Å²) in [5.41, 5.74) is -0.343. The Hall–Kier alpha value is -2.99. The third-order valence-electron chi connectivity index (χ3n) is 4.71. The van der Waals surface area contributed by atoms with Crippen LogP contribution in [0.4, 0.5) is 8.78 Å². The first-order valence-electron chi connectivity index (χ1n) is 11.2. The van der Waals surface area contributed by atoms with Gasteiger partial charge in [-0.1, -0.05) is 56.7 Å². The van der Waals surface area contributed by atoms with E-state index in [1.807, 2.05) is 37.3 Å². The molecule has 0 bridgehead atoms. The molecule has 0 spiro atoms. The summed E-state index contributed by atoms with van der Waals surface area (Å²) < 4.78 is 44.6. The van der Waals surface area contributed by atoms with Crippen LogP contribution in [-0.2, 0) is 16.8 Å². The second-order valence-corrected chi connectivity index (χ2v) is 7.76. The predicted octanol–water partition coefficient (Wildman–Crippen LogP) is 7.43. The smallest absolute Gasteiger partial charge is 0.250 e. The van der Waals surface area contributed by atoms with Crippen LogP contribution in [0.15, 0.2) is 72.8 Å². The zero-order valence-corrected chi connectivity index (χ0v) is 19.8. The molecule has 0 aliphatic heterocycles. The first kappa shape index (κ1) is 26.3. The Morgan fingerprint density at radius 2 is 1.52 bits per heavy atom.